The molecule has 154 valence electrons. The molecule has 0 saturated heterocycles. The smallest absolute Gasteiger partial charge is 0.372 e. The third-order valence-electron chi connectivity index (χ3n) is 4.53. The van der Waals surface area contributed by atoms with E-state index >= 15 is 0 Å². The average Bonchev–Trinajstić information content (AvgIpc) is 3.02. The van der Waals surface area contributed by atoms with Gasteiger partial charge in [-0.25, -0.2) is 4.98 Å². The fraction of sp³-hybridized carbons (Fsp3) is 0.444. The van der Waals surface area contributed by atoms with E-state index in [9.17, 15) is 23.2 Å². The molecule has 0 aliphatic carbocycles. The number of hydrogen-bond acceptors (Lipinski definition) is 7. The monoisotopic (exact) mass is 424 g/mol. The van der Waals surface area contributed by atoms with Crippen LogP contribution in [0, 0.1) is 17.2 Å². The minimum atomic E-state index is -4.58. The number of carbonyl (C=O) groups is 1. The zero-order valence-corrected chi connectivity index (χ0v) is 16.8. The Morgan fingerprint density at radius 3 is 2.72 bits per heavy atom. The van der Waals surface area contributed by atoms with E-state index in [4.69, 9.17) is 0 Å². The van der Waals surface area contributed by atoms with Gasteiger partial charge in [-0.2, -0.15) is 23.4 Å². The van der Waals surface area contributed by atoms with Crippen LogP contribution >= 0.6 is 11.3 Å². The maximum atomic E-state index is 13.0. The zero-order valence-electron chi connectivity index (χ0n) is 16.0. The third-order valence-corrected chi connectivity index (χ3v) is 5.66. The van der Waals surface area contributed by atoms with Gasteiger partial charge in [-0.3, -0.25) is 4.79 Å². The van der Waals surface area contributed by atoms with Gasteiger partial charge >= 0.3 is 6.18 Å². The number of aromatic nitrogens is 2. The molecule has 1 aliphatic rings. The molecule has 3 rings (SSSR count). The van der Waals surface area contributed by atoms with Crippen LogP contribution in [0.5, 0.6) is 0 Å². The van der Waals surface area contributed by atoms with E-state index in [1.807, 2.05) is 13.8 Å². The van der Waals surface area contributed by atoms with E-state index in [0.29, 0.717) is 36.3 Å². The van der Waals surface area contributed by atoms with Gasteiger partial charge in [0.25, 0.3) is 0 Å². The lowest BCUT2D eigenvalue weighted by Crippen LogP contribution is -2.37. The molecular formula is C18H19F3N6OS. The first-order valence-corrected chi connectivity index (χ1v) is 9.69. The second kappa shape index (κ2) is 7.87. The minimum Gasteiger partial charge on any atom is -0.372 e. The summed E-state index contributed by atoms with van der Waals surface area (Å²) in [7, 11) is 1.34. The normalized spacial score (nSPS) is 13.8. The van der Waals surface area contributed by atoms with E-state index < -0.39 is 11.7 Å². The predicted octanol–water partition coefficient (Wildman–Crippen LogP) is 3.75. The Labute approximate surface area is 169 Å². The van der Waals surface area contributed by atoms with E-state index in [0.717, 1.165) is 10.4 Å². The molecule has 7 nitrogen and oxygen atoms in total. The van der Waals surface area contributed by atoms with Crippen molar-refractivity contribution in [2.75, 3.05) is 24.2 Å². The Bertz CT molecular complexity index is 979. The minimum absolute atomic E-state index is 0.0433. The van der Waals surface area contributed by atoms with Crippen molar-refractivity contribution in [1.29, 1.82) is 5.26 Å². The second-order valence-corrected chi connectivity index (χ2v) is 7.92. The van der Waals surface area contributed by atoms with Gasteiger partial charge in [-0.05, 0) is 12.0 Å². The summed E-state index contributed by atoms with van der Waals surface area (Å²) in [6.45, 7) is 4.60. The Morgan fingerprint density at radius 1 is 1.41 bits per heavy atom. The fourth-order valence-electron chi connectivity index (χ4n) is 3.10. The van der Waals surface area contributed by atoms with E-state index in [-0.39, 0.29) is 23.6 Å². The molecule has 3 heterocycles. The van der Waals surface area contributed by atoms with Crippen LogP contribution in [0.2, 0.25) is 0 Å². The van der Waals surface area contributed by atoms with Crippen LogP contribution in [0.25, 0.3) is 0 Å². The van der Waals surface area contributed by atoms with Crippen LogP contribution in [0.4, 0.5) is 29.9 Å². The lowest BCUT2D eigenvalue weighted by Gasteiger charge is -2.28. The maximum Gasteiger partial charge on any atom is 0.421 e. The number of alkyl halides is 3. The molecule has 1 aliphatic heterocycles. The van der Waals surface area contributed by atoms with Gasteiger partial charge in [0, 0.05) is 30.6 Å². The van der Waals surface area contributed by atoms with Crippen molar-refractivity contribution in [3.05, 3.63) is 27.8 Å². The van der Waals surface area contributed by atoms with Crippen LogP contribution in [0.3, 0.4) is 0 Å². The van der Waals surface area contributed by atoms with Crippen LogP contribution in [0.15, 0.2) is 6.20 Å². The number of amides is 1. The summed E-state index contributed by atoms with van der Waals surface area (Å²) in [6, 6.07) is 2.15. The summed E-state index contributed by atoms with van der Waals surface area (Å²) in [5.41, 5.74) is 0.295. The van der Waals surface area contributed by atoms with Gasteiger partial charge in [0.05, 0.1) is 12.1 Å². The van der Waals surface area contributed by atoms with E-state index in [1.54, 1.807) is 4.90 Å². The Kier molecular flexibility index (Phi) is 5.66. The molecule has 2 aromatic rings. The summed E-state index contributed by atoms with van der Waals surface area (Å²) in [6.07, 6.45) is -3.34. The van der Waals surface area contributed by atoms with Crippen LogP contribution in [0.1, 0.15) is 35.4 Å². The fourth-order valence-corrected chi connectivity index (χ4v) is 4.31. The molecule has 0 fully saturated rings. The molecule has 29 heavy (non-hydrogen) atoms. The number of thiophene rings is 1. The van der Waals surface area contributed by atoms with Crippen molar-refractivity contribution in [2.24, 2.45) is 5.92 Å². The SMILES string of the molecule is CNc1nc(Nc2sc3c(c2C#N)CCN(C(=O)C(C)C)C3)ncc1C(F)(F)F. The summed E-state index contributed by atoms with van der Waals surface area (Å²) in [5, 5.41) is 15.3. The number of halogens is 3. The van der Waals surface area contributed by atoms with E-state index in [1.165, 1.54) is 18.4 Å². The Hall–Kier alpha value is -2.87. The molecule has 0 unspecified atom stereocenters. The first-order chi connectivity index (χ1) is 13.7. The largest absolute Gasteiger partial charge is 0.421 e. The summed E-state index contributed by atoms with van der Waals surface area (Å²) >= 11 is 1.29. The van der Waals surface area contributed by atoms with Gasteiger partial charge in [0.2, 0.25) is 11.9 Å². The molecule has 1 amide bonds. The van der Waals surface area contributed by atoms with Crippen molar-refractivity contribution < 1.29 is 18.0 Å². The van der Waals surface area contributed by atoms with Gasteiger partial charge in [0.15, 0.2) is 0 Å². The van der Waals surface area contributed by atoms with Crippen molar-refractivity contribution in [3.63, 3.8) is 0 Å². The van der Waals surface area contributed by atoms with Gasteiger partial charge < -0.3 is 15.5 Å². The maximum absolute atomic E-state index is 13.0. The highest BCUT2D eigenvalue weighted by atomic mass is 32.1. The molecule has 0 aromatic carbocycles. The molecule has 0 spiro atoms. The van der Waals surface area contributed by atoms with Gasteiger partial charge in [-0.15, -0.1) is 11.3 Å². The zero-order chi connectivity index (χ0) is 21.3. The highest BCUT2D eigenvalue weighted by Crippen LogP contribution is 2.39. The summed E-state index contributed by atoms with van der Waals surface area (Å²) < 4.78 is 39.0. The first kappa shape index (κ1) is 20.9. The lowest BCUT2D eigenvalue weighted by molar-refractivity contribution is -0.137. The van der Waals surface area contributed by atoms with Crippen molar-refractivity contribution >= 4 is 34.0 Å². The number of anilines is 3. The number of hydrogen-bond donors (Lipinski definition) is 2. The molecule has 2 aromatic heterocycles. The lowest BCUT2D eigenvalue weighted by atomic mass is 10.0. The van der Waals surface area contributed by atoms with E-state index in [2.05, 4.69) is 26.7 Å². The molecule has 2 N–H and O–H groups in total. The quantitative estimate of drug-likeness (QED) is 0.776. The molecule has 0 bridgehead atoms. The standard InChI is InChI=1S/C18H19F3N6OS/c1-9(2)16(28)27-5-4-10-11(6-22)15(29-13(10)8-27)26-17-24-7-12(18(19,20)21)14(23-3)25-17/h7,9H,4-5,8H2,1-3H3,(H2,23,24,25,26). The highest BCUT2D eigenvalue weighted by Gasteiger charge is 2.35. The van der Waals surface area contributed by atoms with Crippen molar-refractivity contribution in [2.45, 2.75) is 33.0 Å². The number of rotatable bonds is 4. The molecule has 11 heteroatoms. The number of carbonyl (C=O) groups excluding carboxylic acids is 1. The van der Waals surface area contributed by atoms with Crippen LogP contribution in [-0.4, -0.2) is 34.4 Å². The van der Waals surface area contributed by atoms with Crippen LogP contribution < -0.4 is 10.6 Å². The highest BCUT2D eigenvalue weighted by molar-refractivity contribution is 7.16. The molecule has 0 saturated carbocycles. The summed E-state index contributed by atoms with van der Waals surface area (Å²) in [5.74, 6) is -0.483. The number of nitrogens with one attached hydrogen (secondary N) is 2. The summed E-state index contributed by atoms with van der Waals surface area (Å²) in [4.78, 5) is 22.5. The Balaban J connectivity index is 1.90. The number of fused-ring (bicyclic) bond motifs is 1. The topological polar surface area (TPSA) is 93.9 Å². The molecular weight excluding hydrogens is 405 g/mol. The molecule has 0 radical (unpaired) electrons. The first-order valence-electron chi connectivity index (χ1n) is 8.88. The molecule has 0 atom stereocenters. The van der Waals surface area contributed by atoms with Crippen LogP contribution in [-0.2, 0) is 23.9 Å². The van der Waals surface area contributed by atoms with Gasteiger partial charge in [-0.1, -0.05) is 13.8 Å². The van der Waals surface area contributed by atoms with Gasteiger partial charge in [0.1, 0.15) is 22.5 Å². The predicted molar refractivity (Wildman–Crippen MR) is 103 cm³/mol. The third kappa shape index (κ3) is 4.12. The second-order valence-electron chi connectivity index (χ2n) is 6.81. The number of nitrogens with zero attached hydrogens (tertiary/aromatic N) is 4. The average molecular weight is 424 g/mol. The number of nitriles is 1. The Morgan fingerprint density at radius 2 is 2.14 bits per heavy atom. The van der Waals surface area contributed by atoms with Crippen molar-refractivity contribution in [1.82, 2.24) is 14.9 Å². The van der Waals surface area contributed by atoms with Crippen molar-refractivity contribution in [3.8, 4) is 6.07 Å².